The van der Waals surface area contributed by atoms with Gasteiger partial charge < -0.3 is 28.7 Å². The van der Waals surface area contributed by atoms with Crippen LogP contribution in [0.3, 0.4) is 0 Å². The van der Waals surface area contributed by atoms with Crippen LogP contribution in [0.5, 0.6) is 23.0 Å². The maximum absolute atomic E-state index is 13.2. The van der Waals surface area contributed by atoms with Crippen molar-refractivity contribution in [2.24, 2.45) is 0 Å². The van der Waals surface area contributed by atoms with Crippen molar-refractivity contribution in [2.75, 3.05) is 54.6 Å². The molecule has 0 N–H and O–H groups in total. The summed E-state index contributed by atoms with van der Waals surface area (Å²) in [4.78, 5) is 56.2. The summed E-state index contributed by atoms with van der Waals surface area (Å²) in [5.41, 5.74) is 2.44. The van der Waals surface area contributed by atoms with E-state index in [0.29, 0.717) is 82.6 Å². The number of ketones is 2. The van der Waals surface area contributed by atoms with E-state index in [2.05, 4.69) is 0 Å². The van der Waals surface area contributed by atoms with Gasteiger partial charge in [-0.1, -0.05) is 24.3 Å². The lowest BCUT2D eigenvalue weighted by Gasteiger charge is -2.35. The van der Waals surface area contributed by atoms with E-state index in [4.69, 9.17) is 18.9 Å². The Balaban J connectivity index is 1.19. The van der Waals surface area contributed by atoms with Gasteiger partial charge in [0.2, 0.25) is 0 Å². The van der Waals surface area contributed by atoms with Crippen molar-refractivity contribution < 1.29 is 38.1 Å². The Morgan fingerprint density at radius 3 is 1.09 bits per heavy atom. The van der Waals surface area contributed by atoms with Crippen LogP contribution in [0, 0.1) is 0 Å². The summed E-state index contributed by atoms with van der Waals surface area (Å²) in [6.45, 7) is 1.44. The van der Waals surface area contributed by atoms with E-state index in [9.17, 15) is 19.2 Å². The number of nitrogens with zero attached hydrogens (tertiary/aromatic N) is 2. The number of piperazine rings is 1. The summed E-state index contributed by atoms with van der Waals surface area (Å²) in [6, 6.07) is 23.0. The summed E-state index contributed by atoms with van der Waals surface area (Å²) in [6.07, 6.45) is 0. The molecule has 5 rings (SSSR count). The highest BCUT2D eigenvalue weighted by Crippen LogP contribution is 2.28. The third kappa shape index (κ3) is 6.56. The van der Waals surface area contributed by atoms with Crippen LogP contribution < -0.4 is 18.9 Å². The first-order chi connectivity index (χ1) is 22.3. The first-order valence-electron chi connectivity index (χ1n) is 14.6. The molecule has 1 aliphatic rings. The number of rotatable bonds is 10. The molecule has 0 saturated carbocycles. The van der Waals surface area contributed by atoms with Crippen LogP contribution in [0.25, 0.3) is 0 Å². The Morgan fingerprint density at radius 1 is 0.457 bits per heavy atom. The zero-order valence-corrected chi connectivity index (χ0v) is 26.1. The molecule has 2 amide bonds. The van der Waals surface area contributed by atoms with Crippen LogP contribution in [0.15, 0.2) is 84.9 Å². The van der Waals surface area contributed by atoms with Gasteiger partial charge in [0.05, 0.1) is 39.6 Å². The Labute approximate surface area is 267 Å². The lowest BCUT2D eigenvalue weighted by molar-refractivity contribution is 0.0535. The number of carbonyl (C=O) groups is 4. The van der Waals surface area contributed by atoms with Gasteiger partial charge in [-0.2, -0.15) is 0 Å². The fourth-order valence-corrected chi connectivity index (χ4v) is 5.30. The van der Waals surface area contributed by atoms with Crippen LogP contribution in [0.2, 0.25) is 0 Å². The Kier molecular flexibility index (Phi) is 9.66. The first kappa shape index (κ1) is 31.8. The number of hydrogen-bond acceptors (Lipinski definition) is 8. The molecule has 1 heterocycles. The molecule has 46 heavy (non-hydrogen) atoms. The standard InChI is InChI=1S/C36H34N2O8/c1-43-27-13-15-31(45-3)29(21-27)33(39)23-5-9-25(10-6-23)35(41)37-17-19-38(20-18-37)36(42)26-11-7-24(8-12-26)34(40)30-22-28(44-2)14-16-32(30)46-4/h5-16,21-22H,17-20H2,1-4H3. The monoisotopic (exact) mass is 622 g/mol. The van der Waals surface area contributed by atoms with Crippen LogP contribution in [-0.2, 0) is 0 Å². The van der Waals surface area contributed by atoms with Gasteiger partial charge >= 0.3 is 0 Å². The van der Waals surface area contributed by atoms with Crippen molar-refractivity contribution in [1.29, 1.82) is 0 Å². The zero-order chi connectivity index (χ0) is 32.8. The normalized spacial score (nSPS) is 12.7. The van der Waals surface area contributed by atoms with Gasteiger partial charge in [-0.25, -0.2) is 0 Å². The number of benzene rings is 4. The quantitative estimate of drug-likeness (QED) is 0.233. The van der Waals surface area contributed by atoms with E-state index in [-0.39, 0.29) is 23.4 Å². The number of methoxy groups -OCH3 is 4. The molecule has 1 fully saturated rings. The van der Waals surface area contributed by atoms with Crippen molar-refractivity contribution in [3.8, 4) is 23.0 Å². The number of amides is 2. The van der Waals surface area contributed by atoms with E-state index in [1.54, 1.807) is 94.7 Å². The molecule has 0 aromatic heterocycles. The third-order valence-electron chi connectivity index (χ3n) is 7.94. The maximum Gasteiger partial charge on any atom is 0.253 e. The van der Waals surface area contributed by atoms with Crippen LogP contribution in [-0.4, -0.2) is 87.8 Å². The molecule has 1 saturated heterocycles. The summed E-state index contributed by atoms with van der Waals surface area (Å²) in [7, 11) is 6.04. The highest BCUT2D eigenvalue weighted by atomic mass is 16.5. The fourth-order valence-electron chi connectivity index (χ4n) is 5.30. The average Bonchev–Trinajstić information content (AvgIpc) is 3.13. The predicted octanol–water partition coefficient (Wildman–Crippen LogP) is 4.78. The van der Waals surface area contributed by atoms with Gasteiger partial charge in [0.1, 0.15) is 23.0 Å². The molecule has 4 aromatic carbocycles. The van der Waals surface area contributed by atoms with E-state index >= 15 is 0 Å². The van der Waals surface area contributed by atoms with Crippen molar-refractivity contribution in [3.05, 3.63) is 118 Å². The summed E-state index contributed by atoms with van der Waals surface area (Å²) >= 11 is 0. The SMILES string of the molecule is COc1ccc(OC)c(C(=O)c2ccc(C(=O)N3CCN(C(=O)c4ccc(C(=O)c5cc(OC)ccc5OC)cc4)CC3)cc2)c1. The lowest BCUT2D eigenvalue weighted by atomic mass is 10.00. The topological polar surface area (TPSA) is 112 Å². The van der Waals surface area contributed by atoms with Gasteiger partial charge in [-0.3, -0.25) is 19.2 Å². The van der Waals surface area contributed by atoms with E-state index in [1.807, 2.05) is 0 Å². The van der Waals surface area contributed by atoms with Gasteiger partial charge in [0.25, 0.3) is 11.8 Å². The van der Waals surface area contributed by atoms with Gasteiger partial charge in [-0.15, -0.1) is 0 Å². The second-order valence-corrected chi connectivity index (χ2v) is 10.5. The number of carbonyl (C=O) groups excluding carboxylic acids is 4. The zero-order valence-electron chi connectivity index (χ0n) is 26.1. The minimum absolute atomic E-state index is 0.180. The van der Waals surface area contributed by atoms with Crippen LogP contribution >= 0.6 is 0 Å². The molecule has 1 aliphatic heterocycles. The predicted molar refractivity (Wildman–Crippen MR) is 171 cm³/mol. The summed E-state index contributed by atoms with van der Waals surface area (Å²) in [5.74, 6) is 1.06. The van der Waals surface area contributed by atoms with E-state index in [0.717, 1.165) is 0 Å². The van der Waals surface area contributed by atoms with Crippen molar-refractivity contribution >= 4 is 23.4 Å². The molecule has 10 nitrogen and oxygen atoms in total. The number of ether oxygens (including phenoxy) is 4. The molecule has 0 atom stereocenters. The molecule has 0 unspecified atom stereocenters. The van der Waals surface area contributed by atoms with Crippen molar-refractivity contribution in [1.82, 2.24) is 9.80 Å². The molecule has 0 spiro atoms. The minimum Gasteiger partial charge on any atom is -0.497 e. The van der Waals surface area contributed by atoms with E-state index in [1.165, 1.54) is 28.4 Å². The van der Waals surface area contributed by atoms with Crippen molar-refractivity contribution in [3.63, 3.8) is 0 Å². The van der Waals surface area contributed by atoms with E-state index < -0.39 is 0 Å². The minimum atomic E-state index is -0.251. The van der Waals surface area contributed by atoms with Gasteiger partial charge in [0.15, 0.2) is 11.6 Å². The van der Waals surface area contributed by atoms with Gasteiger partial charge in [-0.05, 0) is 60.7 Å². The molecular weight excluding hydrogens is 588 g/mol. The molecular formula is C36H34N2O8. The van der Waals surface area contributed by atoms with Crippen LogP contribution in [0.4, 0.5) is 0 Å². The molecule has 10 heteroatoms. The second kappa shape index (κ2) is 14.0. The Hall–Kier alpha value is -5.64. The highest BCUT2D eigenvalue weighted by molar-refractivity contribution is 6.12. The maximum atomic E-state index is 13.2. The number of hydrogen-bond donors (Lipinski definition) is 0. The first-order valence-corrected chi connectivity index (χ1v) is 14.6. The summed E-state index contributed by atoms with van der Waals surface area (Å²) < 4.78 is 21.2. The van der Waals surface area contributed by atoms with Crippen LogP contribution in [0.1, 0.15) is 52.6 Å². The Bertz CT molecular complexity index is 1630. The smallest absolute Gasteiger partial charge is 0.253 e. The van der Waals surface area contributed by atoms with Gasteiger partial charge in [0, 0.05) is 48.4 Å². The molecule has 4 aromatic rings. The fraction of sp³-hybridized carbons (Fsp3) is 0.222. The third-order valence-corrected chi connectivity index (χ3v) is 7.94. The van der Waals surface area contributed by atoms with Crippen molar-refractivity contribution in [2.45, 2.75) is 0 Å². The lowest BCUT2D eigenvalue weighted by Crippen LogP contribution is -2.50. The summed E-state index contributed by atoms with van der Waals surface area (Å²) in [5, 5.41) is 0. The largest absolute Gasteiger partial charge is 0.497 e. The molecule has 0 aliphatic carbocycles. The molecule has 236 valence electrons. The highest BCUT2D eigenvalue weighted by Gasteiger charge is 2.26. The average molecular weight is 623 g/mol. The molecule has 0 radical (unpaired) electrons. The second-order valence-electron chi connectivity index (χ2n) is 10.5. The Morgan fingerprint density at radius 2 is 0.783 bits per heavy atom. The molecule has 0 bridgehead atoms.